The molecule has 4 heteroatoms. The van der Waals surface area contributed by atoms with Crippen molar-refractivity contribution in [3.8, 4) is 0 Å². The second kappa shape index (κ2) is 21.8. The summed E-state index contributed by atoms with van der Waals surface area (Å²) in [5, 5.41) is 0. The first-order chi connectivity index (χ1) is 59.1. The first kappa shape index (κ1) is 68.7. The van der Waals surface area contributed by atoms with Crippen LogP contribution in [0.1, 0.15) is 114 Å². The van der Waals surface area contributed by atoms with E-state index in [1.54, 1.807) is 189 Å². The topological polar surface area (TPSA) is 0 Å². The van der Waals surface area contributed by atoms with Crippen LogP contribution in [0, 0.1) is 69.0 Å². The Balaban J connectivity index is 0.00000175. The molecule has 0 aromatic carbocycles. The normalized spacial score (nSPS) is 35.6. The average molecular weight is 1920 g/mol. The molecule has 32 aliphatic carbocycles. The van der Waals surface area contributed by atoms with Gasteiger partial charge in [0.2, 0.25) is 0 Å². The van der Waals surface area contributed by atoms with Crippen molar-refractivity contribution in [1.29, 1.82) is 0 Å². The van der Waals surface area contributed by atoms with E-state index in [1.807, 2.05) is 0 Å². The zero-order valence-corrected chi connectivity index (χ0v) is 77.5. The van der Waals surface area contributed by atoms with Crippen molar-refractivity contribution in [3.63, 3.8) is 0 Å². The van der Waals surface area contributed by atoms with Gasteiger partial charge in [-0.3, -0.25) is 0 Å². The van der Waals surface area contributed by atoms with E-state index >= 15 is 0 Å². The molecule has 0 N–H and O–H groups in total. The molecule has 12 unspecified atom stereocenters. The second-order valence-corrected chi connectivity index (χ2v) is 75.2. The first-order valence-electron chi connectivity index (χ1n) is 45.4. The van der Waals surface area contributed by atoms with Crippen molar-refractivity contribution in [2.24, 2.45) is 69.0 Å². The standard InChI is InChI=1S/C117H84.3HI.V/c1-11-56-72-27-19-64-50(5)60-15-17-62-52(7)66-21-29-80-92(86-41-35-74(56)108(86)114(98(60)62,100(64)72)102(66)80)47-94-82-31-23-68-54(9)70-25-33-84-96(90-45-39-78-58(13-3)76-37-43-88(94)110(76)116(104(68)82,106(70)84)112(78)90)49-97-85-34-26-71-55(10)69-24-32-83-95(89-44-38-77-59(14-4)79-40-46-91(97)113(79)117(105(69)83,107(71)85)111(77)89)48-93-81-30-22-67-53(8)63-18-16-61-51(6)65-20-28-73-57(12-2)75-36-42-87(93)109(75)115(99(61)63,101(65)73)103(67)81;;;;/h15-46,98,101,103-104,107-108,111-112H,11-14,47-49H2,1-10H3;3*1H;/q;;;;+3/p-3. The molecule has 578 valence electrons. The molecule has 0 aromatic rings. The van der Waals surface area contributed by atoms with Gasteiger partial charge in [0.25, 0.3) is 0 Å². The second-order valence-electron chi connectivity index (χ2n) is 39.8. The Labute approximate surface area is 746 Å². The van der Waals surface area contributed by atoms with Gasteiger partial charge in [0, 0.05) is 69.0 Å². The fourth-order valence-electron chi connectivity index (χ4n) is 34.1. The van der Waals surface area contributed by atoms with Crippen LogP contribution >= 0.6 is 59.9 Å². The van der Waals surface area contributed by atoms with Crippen molar-refractivity contribution < 1.29 is 4.92 Å². The van der Waals surface area contributed by atoms with Gasteiger partial charge in [-0.2, -0.15) is 0 Å². The van der Waals surface area contributed by atoms with Gasteiger partial charge >= 0.3 is 64.9 Å². The molecule has 0 nitrogen and oxygen atoms in total. The molecule has 121 heavy (non-hydrogen) atoms. The van der Waals surface area contributed by atoms with Crippen molar-refractivity contribution in [2.75, 3.05) is 0 Å². The van der Waals surface area contributed by atoms with Crippen molar-refractivity contribution in [3.05, 3.63) is 507 Å². The predicted octanol–water partition coefficient (Wildman–Crippen LogP) is 29.1. The van der Waals surface area contributed by atoms with Gasteiger partial charge < -0.3 is 0 Å². The molecular weight excluding hydrogens is 1840 g/mol. The van der Waals surface area contributed by atoms with E-state index in [1.165, 1.54) is 123 Å². The number of hydrogen-bond donors (Lipinski definition) is 0. The van der Waals surface area contributed by atoms with Crippen LogP contribution in [-0.4, -0.2) is 0 Å². The fourth-order valence-corrected chi connectivity index (χ4v) is 34.1. The Hall–Kier alpha value is -8.67. The van der Waals surface area contributed by atoms with E-state index in [9.17, 15) is 0 Å². The summed E-state index contributed by atoms with van der Waals surface area (Å²) >= 11 is 7.39. The predicted molar refractivity (Wildman–Crippen MR) is 512 cm³/mol. The van der Waals surface area contributed by atoms with Crippen LogP contribution < -0.4 is 0 Å². The summed E-state index contributed by atoms with van der Waals surface area (Å²) in [7, 11) is 0. The van der Waals surface area contributed by atoms with Gasteiger partial charge in [0.1, 0.15) is 0 Å². The van der Waals surface area contributed by atoms with Crippen molar-refractivity contribution in [2.45, 2.75) is 114 Å². The van der Waals surface area contributed by atoms with Crippen molar-refractivity contribution >= 4 is 59.9 Å². The quantitative estimate of drug-likeness (QED) is 0.191. The zero-order valence-electron chi connectivity index (χ0n) is 69.6. The summed E-state index contributed by atoms with van der Waals surface area (Å²) in [5.41, 5.74) is 86.4. The summed E-state index contributed by atoms with van der Waals surface area (Å²) in [6.07, 6.45) is 90.5. The molecule has 0 aliphatic heterocycles. The first-order valence-corrected chi connectivity index (χ1v) is 58.9. The molecule has 32 rings (SSSR count). The monoisotopic (exact) mass is 1920 g/mol. The van der Waals surface area contributed by atoms with Gasteiger partial charge in [-0.15, -0.1) is 0 Å². The Morgan fingerprint density at radius 1 is 0.198 bits per heavy atom. The number of halogens is 3. The zero-order chi connectivity index (χ0) is 80.1. The summed E-state index contributed by atoms with van der Waals surface area (Å²) in [5.74, 6) is 2.00. The molecule has 0 radical (unpaired) electrons. The molecule has 0 aromatic heterocycles. The Kier molecular flexibility index (Phi) is 12.4. The molecule has 0 saturated heterocycles. The maximum atomic E-state index is 2.69. The molecule has 0 amide bonds. The van der Waals surface area contributed by atoms with Gasteiger partial charge in [-0.1, -0.05) is 222 Å². The third-order valence-corrected chi connectivity index (χ3v) is 37.3. The van der Waals surface area contributed by atoms with E-state index in [0.29, 0.717) is 11.8 Å². The maximum absolute atomic E-state index is 2.69. The third kappa shape index (κ3) is 6.77. The van der Waals surface area contributed by atoms with Gasteiger partial charge in [0.15, 0.2) is 0 Å². The number of rotatable bonds is 10. The van der Waals surface area contributed by atoms with Crippen LogP contribution in [0.15, 0.2) is 507 Å². The van der Waals surface area contributed by atoms with Crippen LogP contribution in [0.4, 0.5) is 0 Å². The SMILES string of the molecule is CCC1=C2C=CC3=C2C24C5=C(C=CC5=C(CC5=C6C=CC7=C(C)C8=C9C(=C(CC%10=C%11C=CC%12=C(C)C%13=C%14C(=C(CC%15=C%16C=CC%17=C%16C%16%18C%19=C(C=CC%19=C(C)C%19=CC=C%15C%19%16)C(C)=C%15C=CC(=C%17CC)C%15%18)C%15=CC=C%16C(CC)=C%17C=CC%10=C%17C%14(C%15%16)C%12%11)C=C%13)C%10=CC=C%11C(CC)=C%12C=CC5=C%12C9(C%10%11)C76)C=C8)C5=CC=C1C52)C(C)=C1C=CC(=C3C)C14.[I][V]([I])[I]. The van der Waals surface area contributed by atoms with E-state index in [0.717, 1.165) is 44.9 Å². The minimum absolute atomic E-state index is 0.170. The Bertz CT molecular complexity index is 7590. The summed E-state index contributed by atoms with van der Waals surface area (Å²) in [6, 6.07) is 0. The van der Waals surface area contributed by atoms with E-state index in [-0.39, 0.29) is 62.1 Å². The average Bonchev–Trinajstić information content (AvgIpc) is 1.51. The summed E-state index contributed by atoms with van der Waals surface area (Å²) < 4.78 is 0. The number of hydrogen-bond acceptors (Lipinski definition) is 0. The summed E-state index contributed by atoms with van der Waals surface area (Å²) in [4.78, 5) is -0.278. The van der Waals surface area contributed by atoms with Crippen LogP contribution in [0.3, 0.4) is 0 Å². The van der Waals surface area contributed by atoms with Gasteiger partial charge in [-0.05, 0) is 399 Å². The van der Waals surface area contributed by atoms with Gasteiger partial charge in [0.05, 0.1) is 0 Å². The van der Waals surface area contributed by atoms with Gasteiger partial charge in [-0.25, -0.2) is 0 Å². The van der Waals surface area contributed by atoms with E-state index < -0.39 is 0 Å². The molecular formula is C117H84I3V. The fraction of sp³-hybridized carbons (Fsp3) is 0.248. The Morgan fingerprint density at radius 3 is 0.686 bits per heavy atom. The molecule has 0 fully saturated rings. The van der Waals surface area contributed by atoms with Crippen LogP contribution in [-0.2, 0) is 4.92 Å². The summed E-state index contributed by atoms with van der Waals surface area (Å²) in [6.45, 7) is 24.7. The van der Waals surface area contributed by atoms with E-state index in [2.05, 4.69) is 324 Å². The van der Waals surface area contributed by atoms with Crippen molar-refractivity contribution in [1.82, 2.24) is 0 Å². The molecule has 0 saturated carbocycles. The molecule has 0 heterocycles. The van der Waals surface area contributed by atoms with Crippen LogP contribution in [0.25, 0.3) is 0 Å². The Morgan fingerprint density at radius 2 is 0.388 bits per heavy atom. The minimum atomic E-state index is -0.288. The molecule has 12 atom stereocenters. The van der Waals surface area contributed by atoms with Crippen LogP contribution in [0.2, 0.25) is 0 Å². The number of allylic oxidation sites excluding steroid dienone is 88. The third-order valence-electron chi connectivity index (χ3n) is 37.3. The molecule has 32 aliphatic rings. The van der Waals surface area contributed by atoms with E-state index in [4.69, 9.17) is 0 Å². The van der Waals surface area contributed by atoms with Crippen LogP contribution in [0.5, 0.6) is 0 Å². The molecule has 0 bridgehead atoms. The molecule has 4 spiro atoms.